The van der Waals surface area contributed by atoms with E-state index >= 15 is 0 Å². The van der Waals surface area contributed by atoms with Crippen molar-refractivity contribution in [3.63, 3.8) is 0 Å². The SMILES string of the molecule is COc1cccc(/C=N\OCC(=O)Nc2ccc(F)c(F)c2)c1OC. The summed E-state index contributed by atoms with van der Waals surface area (Å²) in [4.78, 5) is 16.6. The van der Waals surface area contributed by atoms with E-state index in [0.717, 1.165) is 12.1 Å². The van der Waals surface area contributed by atoms with E-state index in [-0.39, 0.29) is 5.69 Å². The number of nitrogens with one attached hydrogen (secondary N) is 1. The molecular formula is C17H16F2N2O4. The number of halogens is 2. The third-order valence-electron chi connectivity index (χ3n) is 3.10. The predicted octanol–water partition coefficient (Wildman–Crippen LogP) is 2.97. The van der Waals surface area contributed by atoms with Gasteiger partial charge in [-0.1, -0.05) is 11.2 Å². The third-order valence-corrected chi connectivity index (χ3v) is 3.10. The number of ether oxygens (including phenoxy) is 2. The standard InChI is InChI=1S/C17H16F2N2O4/c1-23-15-5-3-4-11(17(15)24-2)9-20-25-10-16(22)21-12-6-7-13(18)14(19)8-12/h3-9H,10H2,1-2H3,(H,21,22)/b20-9-. The van der Waals surface area contributed by atoms with E-state index in [4.69, 9.17) is 14.3 Å². The van der Waals surface area contributed by atoms with Gasteiger partial charge in [0.2, 0.25) is 0 Å². The molecule has 0 radical (unpaired) electrons. The van der Waals surface area contributed by atoms with Crippen LogP contribution in [0.15, 0.2) is 41.6 Å². The minimum Gasteiger partial charge on any atom is -0.493 e. The minimum atomic E-state index is -1.05. The zero-order valence-electron chi connectivity index (χ0n) is 13.6. The Morgan fingerprint density at radius 2 is 1.96 bits per heavy atom. The largest absolute Gasteiger partial charge is 0.493 e. The first-order valence-corrected chi connectivity index (χ1v) is 7.16. The van der Waals surface area contributed by atoms with Gasteiger partial charge in [-0.2, -0.15) is 0 Å². The molecule has 0 aliphatic heterocycles. The molecule has 0 aromatic heterocycles. The zero-order chi connectivity index (χ0) is 18.2. The molecule has 2 rings (SSSR count). The summed E-state index contributed by atoms with van der Waals surface area (Å²) >= 11 is 0. The first-order valence-electron chi connectivity index (χ1n) is 7.16. The highest BCUT2D eigenvalue weighted by atomic mass is 19.2. The molecule has 8 heteroatoms. The summed E-state index contributed by atoms with van der Waals surface area (Å²) in [5, 5.41) is 6.04. The molecule has 25 heavy (non-hydrogen) atoms. The molecule has 0 atom stereocenters. The number of anilines is 1. The van der Waals surface area contributed by atoms with Gasteiger partial charge in [0, 0.05) is 17.3 Å². The van der Waals surface area contributed by atoms with E-state index in [2.05, 4.69) is 10.5 Å². The normalized spacial score (nSPS) is 10.6. The number of carbonyl (C=O) groups excluding carboxylic acids is 1. The van der Waals surface area contributed by atoms with E-state index in [1.54, 1.807) is 18.2 Å². The van der Waals surface area contributed by atoms with Crippen LogP contribution in [0.2, 0.25) is 0 Å². The van der Waals surface area contributed by atoms with Crippen molar-refractivity contribution < 1.29 is 27.9 Å². The molecule has 0 saturated carbocycles. The van der Waals surface area contributed by atoms with Crippen molar-refractivity contribution >= 4 is 17.8 Å². The fourth-order valence-electron chi connectivity index (χ4n) is 1.97. The van der Waals surface area contributed by atoms with E-state index in [1.807, 2.05) is 0 Å². The Balaban J connectivity index is 1.90. The second kappa shape index (κ2) is 8.62. The number of hydrogen-bond donors (Lipinski definition) is 1. The summed E-state index contributed by atoms with van der Waals surface area (Å²) in [7, 11) is 3.00. The van der Waals surface area contributed by atoms with Crippen molar-refractivity contribution in [3.05, 3.63) is 53.6 Å². The van der Waals surface area contributed by atoms with Gasteiger partial charge in [0.05, 0.1) is 20.4 Å². The number of benzene rings is 2. The Morgan fingerprint density at radius 1 is 1.16 bits per heavy atom. The zero-order valence-corrected chi connectivity index (χ0v) is 13.6. The van der Waals surface area contributed by atoms with Crippen molar-refractivity contribution in [1.82, 2.24) is 0 Å². The molecule has 2 aromatic rings. The van der Waals surface area contributed by atoms with Gasteiger partial charge >= 0.3 is 0 Å². The van der Waals surface area contributed by atoms with Crippen molar-refractivity contribution in [2.24, 2.45) is 5.16 Å². The van der Waals surface area contributed by atoms with Gasteiger partial charge in [0.15, 0.2) is 29.7 Å². The molecule has 0 heterocycles. The van der Waals surface area contributed by atoms with Crippen molar-refractivity contribution in [2.75, 3.05) is 26.1 Å². The van der Waals surface area contributed by atoms with Crippen LogP contribution < -0.4 is 14.8 Å². The highest BCUT2D eigenvalue weighted by Gasteiger charge is 2.08. The lowest BCUT2D eigenvalue weighted by Gasteiger charge is -2.09. The highest BCUT2D eigenvalue weighted by Crippen LogP contribution is 2.29. The first-order chi connectivity index (χ1) is 12.0. The fourth-order valence-corrected chi connectivity index (χ4v) is 1.97. The van der Waals surface area contributed by atoms with Crippen LogP contribution in [-0.4, -0.2) is 32.9 Å². The van der Waals surface area contributed by atoms with Crippen LogP contribution in [-0.2, 0) is 9.63 Å². The predicted molar refractivity (Wildman–Crippen MR) is 88.1 cm³/mol. The number of methoxy groups -OCH3 is 2. The van der Waals surface area contributed by atoms with E-state index < -0.39 is 24.1 Å². The van der Waals surface area contributed by atoms with Crippen LogP contribution >= 0.6 is 0 Å². The summed E-state index contributed by atoms with van der Waals surface area (Å²) in [5.74, 6) is -1.61. The Bertz CT molecular complexity index is 781. The number of hydrogen-bond acceptors (Lipinski definition) is 5. The Hall–Kier alpha value is -3.16. The topological polar surface area (TPSA) is 69.2 Å². The molecule has 0 fully saturated rings. The van der Waals surface area contributed by atoms with Crippen LogP contribution in [0, 0.1) is 11.6 Å². The second-order valence-electron chi connectivity index (χ2n) is 4.77. The number of para-hydroxylation sites is 1. The molecule has 0 aliphatic carbocycles. The monoisotopic (exact) mass is 350 g/mol. The highest BCUT2D eigenvalue weighted by molar-refractivity contribution is 5.91. The average molecular weight is 350 g/mol. The number of amides is 1. The first kappa shape index (κ1) is 18.2. The lowest BCUT2D eigenvalue weighted by molar-refractivity contribution is -0.120. The molecule has 2 aromatic carbocycles. The second-order valence-corrected chi connectivity index (χ2v) is 4.77. The van der Waals surface area contributed by atoms with Crippen molar-refractivity contribution in [1.29, 1.82) is 0 Å². The summed E-state index contributed by atoms with van der Waals surface area (Å²) < 4.78 is 36.3. The molecule has 0 unspecified atom stereocenters. The summed E-state index contributed by atoms with van der Waals surface area (Å²) in [6.07, 6.45) is 1.37. The maximum atomic E-state index is 13.1. The van der Waals surface area contributed by atoms with Gasteiger partial charge in [-0.3, -0.25) is 4.79 Å². The average Bonchev–Trinajstić information content (AvgIpc) is 2.61. The Morgan fingerprint density at radius 3 is 2.64 bits per heavy atom. The van der Waals surface area contributed by atoms with Crippen LogP contribution in [0.4, 0.5) is 14.5 Å². The smallest absolute Gasteiger partial charge is 0.265 e. The fraction of sp³-hybridized carbons (Fsp3) is 0.176. The quantitative estimate of drug-likeness (QED) is 0.616. The molecule has 132 valence electrons. The molecule has 1 N–H and O–H groups in total. The maximum Gasteiger partial charge on any atom is 0.265 e. The van der Waals surface area contributed by atoms with Crippen LogP contribution in [0.5, 0.6) is 11.5 Å². The van der Waals surface area contributed by atoms with Gasteiger partial charge in [-0.15, -0.1) is 0 Å². The Labute approximate surface area is 143 Å². The van der Waals surface area contributed by atoms with E-state index in [1.165, 1.54) is 26.5 Å². The van der Waals surface area contributed by atoms with Gasteiger partial charge in [0.25, 0.3) is 5.91 Å². The summed E-state index contributed by atoms with van der Waals surface area (Å²) in [6, 6.07) is 8.23. The maximum absolute atomic E-state index is 13.1. The Kier molecular flexibility index (Phi) is 6.27. The van der Waals surface area contributed by atoms with E-state index in [0.29, 0.717) is 17.1 Å². The third kappa shape index (κ3) is 4.90. The molecule has 6 nitrogen and oxygen atoms in total. The molecule has 0 spiro atoms. The van der Waals surface area contributed by atoms with Gasteiger partial charge in [-0.25, -0.2) is 8.78 Å². The van der Waals surface area contributed by atoms with Crippen molar-refractivity contribution in [2.45, 2.75) is 0 Å². The van der Waals surface area contributed by atoms with Gasteiger partial charge < -0.3 is 19.6 Å². The summed E-state index contributed by atoms with van der Waals surface area (Å²) in [5.41, 5.74) is 0.716. The molecule has 0 saturated heterocycles. The number of carbonyl (C=O) groups is 1. The molecule has 0 aliphatic rings. The molecule has 1 amide bonds. The van der Waals surface area contributed by atoms with Gasteiger partial charge in [-0.05, 0) is 24.3 Å². The van der Waals surface area contributed by atoms with E-state index in [9.17, 15) is 13.6 Å². The minimum absolute atomic E-state index is 0.117. The van der Waals surface area contributed by atoms with Crippen LogP contribution in [0.25, 0.3) is 0 Å². The lowest BCUT2D eigenvalue weighted by atomic mass is 10.2. The molecule has 0 bridgehead atoms. The van der Waals surface area contributed by atoms with Crippen LogP contribution in [0.3, 0.4) is 0 Å². The number of oxime groups is 1. The number of rotatable bonds is 7. The molecular weight excluding hydrogens is 334 g/mol. The van der Waals surface area contributed by atoms with Gasteiger partial charge in [0.1, 0.15) is 0 Å². The van der Waals surface area contributed by atoms with Crippen molar-refractivity contribution in [3.8, 4) is 11.5 Å². The van der Waals surface area contributed by atoms with Crippen LogP contribution in [0.1, 0.15) is 5.56 Å². The lowest BCUT2D eigenvalue weighted by Crippen LogP contribution is -2.17. The number of nitrogens with zero attached hydrogens (tertiary/aromatic N) is 1. The summed E-state index contributed by atoms with van der Waals surface area (Å²) in [6.45, 7) is -0.401.